The van der Waals surface area contributed by atoms with Gasteiger partial charge in [0.25, 0.3) is 0 Å². The van der Waals surface area contributed by atoms with Crippen molar-refractivity contribution in [2.24, 2.45) is 11.7 Å². The summed E-state index contributed by atoms with van der Waals surface area (Å²) in [6, 6.07) is 9.85. The molecule has 1 aliphatic rings. The van der Waals surface area contributed by atoms with Gasteiger partial charge >= 0.3 is 0 Å². The van der Waals surface area contributed by atoms with E-state index in [4.69, 9.17) is 10.5 Å². The minimum absolute atomic E-state index is 0.144. The lowest BCUT2D eigenvalue weighted by atomic mass is 9.86. The second-order valence-corrected chi connectivity index (χ2v) is 4.93. The fourth-order valence-electron chi connectivity index (χ4n) is 2.52. The van der Waals surface area contributed by atoms with Gasteiger partial charge < -0.3 is 10.5 Å². The van der Waals surface area contributed by atoms with E-state index in [0.29, 0.717) is 18.9 Å². The summed E-state index contributed by atoms with van der Waals surface area (Å²) in [5.41, 5.74) is 6.80. The summed E-state index contributed by atoms with van der Waals surface area (Å²) in [5.74, 6) is 0.605. The predicted octanol–water partition coefficient (Wildman–Crippen LogP) is 2.11. The molecular weight excluding hydrogens is 226 g/mol. The molecule has 2 rings (SSSR count). The first kappa shape index (κ1) is 13.2. The van der Waals surface area contributed by atoms with Crippen LogP contribution in [0.15, 0.2) is 30.3 Å². The van der Waals surface area contributed by atoms with Gasteiger partial charge in [-0.1, -0.05) is 30.3 Å². The average Bonchev–Trinajstić information content (AvgIpc) is 2.42. The number of ether oxygens (including phenoxy) is 1. The first-order chi connectivity index (χ1) is 8.81. The standard InChI is InChI=1S/C15H21NO2/c16-11-14(13-4-2-1-3-5-13)15(17)10-12-6-8-18-9-7-12/h1-5,12,14H,6-11,16H2. The first-order valence-corrected chi connectivity index (χ1v) is 6.66. The zero-order chi connectivity index (χ0) is 12.8. The Bertz CT molecular complexity index is 371. The summed E-state index contributed by atoms with van der Waals surface area (Å²) in [7, 11) is 0. The summed E-state index contributed by atoms with van der Waals surface area (Å²) >= 11 is 0. The largest absolute Gasteiger partial charge is 0.381 e. The molecule has 1 aliphatic heterocycles. The second kappa shape index (κ2) is 6.66. The lowest BCUT2D eigenvalue weighted by molar-refractivity contribution is -0.121. The molecule has 2 N–H and O–H groups in total. The van der Waals surface area contributed by atoms with Crippen molar-refractivity contribution in [3.05, 3.63) is 35.9 Å². The lowest BCUT2D eigenvalue weighted by Crippen LogP contribution is -2.26. The number of nitrogens with two attached hydrogens (primary N) is 1. The summed E-state index contributed by atoms with van der Waals surface area (Å²) < 4.78 is 5.32. The third kappa shape index (κ3) is 3.40. The highest BCUT2D eigenvalue weighted by molar-refractivity contribution is 5.86. The highest BCUT2D eigenvalue weighted by atomic mass is 16.5. The number of carbonyl (C=O) groups is 1. The molecule has 0 amide bonds. The van der Waals surface area contributed by atoms with Crippen molar-refractivity contribution in [1.29, 1.82) is 0 Å². The molecule has 1 saturated heterocycles. The van der Waals surface area contributed by atoms with Gasteiger partial charge in [0.2, 0.25) is 0 Å². The maximum absolute atomic E-state index is 12.3. The molecule has 1 heterocycles. The van der Waals surface area contributed by atoms with Crippen LogP contribution >= 0.6 is 0 Å². The van der Waals surface area contributed by atoms with E-state index in [2.05, 4.69) is 0 Å². The second-order valence-electron chi connectivity index (χ2n) is 4.93. The van der Waals surface area contributed by atoms with E-state index < -0.39 is 0 Å². The Kier molecular flexibility index (Phi) is 4.90. The maximum atomic E-state index is 12.3. The number of rotatable bonds is 5. The van der Waals surface area contributed by atoms with Gasteiger partial charge in [-0.25, -0.2) is 0 Å². The van der Waals surface area contributed by atoms with Gasteiger partial charge in [0, 0.05) is 26.2 Å². The molecule has 98 valence electrons. The Morgan fingerprint density at radius 2 is 1.94 bits per heavy atom. The number of ketones is 1. The molecule has 0 spiro atoms. The molecule has 3 nitrogen and oxygen atoms in total. The van der Waals surface area contributed by atoms with E-state index in [0.717, 1.165) is 31.6 Å². The van der Waals surface area contributed by atoms with Crippen LogP contribution < -0.4 is 5.73 Å². The van der Waals surface area contributed by atoms with E-state index in [-0.39, 0.29) is 11.7 Å². The lowest BCUT2D eigenvalue weighted by Gasteiger charge is -2.23. The Labute approximate surface area is 108 Å². The van der Waals surface area contributed by atoms with Crippen molar-refractivity contribution < 1.29 is 9.53 Å². The van der Waals surface area contributed by atoms with Crippen LogP contribution in [0.1, 0.15) is 30.7 Å². The highest BCUT2D eigenvalue weighted by Gasteiger charge is 2.23. The van der Waals surface area contributed by atoms with E-state index in [9.17, 15) is 4.79 Å². The van der Waals surface area contributed by atoms with Gasteiger partial charge in [-0.05, 0) is 24.3 Å². The zero-order valence-corrected chi connectivity index (χ0v) is 10.7. The molecule has 0 aliphatic carbocycles. The summed E-state index contributed by atoms with van der Waals surface area (Å²) in [6.45, 7) is 1.97. The Morgan fingerprint density at radius 1 is 1.28 bits per heavy atom. The Balaban J connectivity index is 1.97. The van der Waals surface area contributed by atoms with Crippen molar-refractivity contribution in [3.8, 4) is 0 Å². The summed E-state index contributed by atoms with van der Waals surface area (Å²) in [4.78, 5) is 12.3. The van der Waals surface area contributed by atoms with Gasteiger partial charge in [0.1, 0.15) is 5.78 Å². The van der Waals surface area contributed by atoms with Crippen LogP contribution in [0.25, 0.3) is 0 Å². The van der Waals surface area contributed by atoms with Crippen LogP contribution in [-0.4, -0.2) is 25.5 Å². The molecule has 1 atom stereocenters. The maximum Gasteiger partial charge on any atom is 0.141 e. The minimum atomic E-state index is -0.144. The van der Waals surface area contributed by atoms with Gasteiger partial charge in [0.05, 0.1) is 5.92 Å². The van der Waals surface area contributed by atoms with Crippen molar-refractivity contribution in [2.75, 3.05) is 19.8 Å². The first-order valence-electron chi connectivity index (χ1n) is 6.66. The zero-order valence-electron chi connectivity index (χ0n) is 10.7. The molecule has 1 aromatic carbocycles. The fraction of sp³-hybridized carbons (Fsp3) is 0.533. The van der Waals surface area contributed by atoms with E-state index in [1.165, 1.54) is 0 Å². The molecular formula is C15H21NO2. The van der Waals surface area contributed by atoms with Crippen molar-refractivity contribution in [2.45, 2.75) is 25.2 Å². The number of hydrogen-bond acceptors (Lipinski definition) is 3. The van der Waals surface area contributed by atoms with Crippen molar-refractivity contribution >= 4 is 5.78 Å². The van der Waals surface area contributed by atoms with Crippen LogP contribution in [0.2, 0.25) is 0 Å². The molecule has 1 aromatic rings. The predicted molar refractivity (Wildman–Crippen MR) is 71.4 cm³/mol. The molecule has 1 fully saturated rings. The smallest absolute Gasteiger partial charge is 0.141 e. The Morgan fingerprint density at radius 3 is 2.56 bits per heavy atom. The monoisotopic (exact) mass is 247 g/mol. The van der Waals surface area contributed by atoms with Crippen LogP contribution in [0.4, 0.5) is 0 Å². The molecule has 0 bridgehead atoms. The van der Waals surface area contributed by atoms with E-state index in [1.54, 1.807) is 0 Å². The number of Topliss-reactive ketones (excluding diaryl/α,β-unsaturated/α-hetero) is 1. The van der Waals surface area contributed by atoms with E-state index >= 15 is 0 Å². The molecule has 1 unspecified atom stereocenters. The van der Waals surface area contributed by atoms with Crippen LogP contribution in [0, 0.1) is 5.92 Å². The normalized spacial score (nSPS) is 18.5. The fourth-order valence-corrected chi connectivity index (χ4v) is 2.52. The number of hydrogen-bond donors (Lipinski definition) is 1. The third-order valence-corrected chi connectivity index (χ3v) is 3.66. The highest BCUT2D eigenvalue weighted by Crippen LogP contribution is 2.24. The summed E-state index contributed by atoms with van der Waals surface area (Å²) in [6.07, 6.45) is 2.63. The van der Waals surface area contributed by atoms with Gasteiger partial charge in [0.15, 0.2) is 0 Å². The van der Waals surface area contributed by atoms with E-state index in [1.807, 2.05) is 30.3 Å². The molecule has 3 heteroatoms. The summed E-state index contributed by atoms with van der Waals surface area (Å²) in [5, 5.41) is 0. The van der Waals surface area contributed by atoms with Crippen molar-refractivity contribution in [1.82, 2.24) is 0 Å². The topological polar surface area (TPSA) is 52.3 Å². The quantitative estimate of drug-likeness (QED) is 0.867. The molecule has 18 heavy (non-hydrogen) atoms. The third-order valence-electron chi connectivity index (χ3n) is 3.66. The van der Waals surface area contributed by atoms with Crippen LogP contribution in [-0.2, 0) is 9.53 Å². The molecule has 0 saturated carbocycles. The van der Waals surface area contributed by atoms with Crippen molar-refractivity contribution in [3.63, 3.8) is 0 Å². The van der Waals surface area contributed by atoms with Gasteiger partial charge in [-0.15, -0.1) is 0 Å². The SMILES string of the molecule is NCC(C(=O)CC1CCOCC1)c1ccccc1. The molecule has 0 radical (unpaired) electrons. The van der Waals surface area contributed by atoms with Crippen LogP contribution in [0.3, 0.4) is 0 Å². The van der Waals surface area contributed by atoms with Crippen LogP contribution in [0.5, 0.6) is 0 Å². The van der Waals surface area contributed by atoms with Gasteiger partial charge in [-0.2, -0.15) is 0 Å². The van der Waals surface area contributed by atoms with Gasteiger partial charge in [-0.3, -0.25) is 4.79 Å². The number of carbonyl (C=O) groups excluding carboxylic acids is 1. The minimum Gasteiger partial charge on any atom is -0.381 e. The Hall–Kier alpha value is -1.19. The molecule has 0 aromatic heterocycles. The number of benzene rings is 1. The average molecular weight is 247 g/mol.